The van der Waals surface area contributed by atoms with Crippen molar-refractivity contribution < 1.29 is 43.0 Å². The SMILES string of the molecule is CCCCC(CC)COC(=O)CC(C(=O)OCC(CC)CCCC)S(=O)(=O)[O-].[Al+3].[OH-].[OH-]. The molecule has 0 radical (unpaired) electrons. The minimum atomic E-state index is -5.01. The summed E-state index contributed by atoms with van der Waals surface area (Å²) in [6.45, 7) is 8.26. The molecule has 182 valence electrons. The molecule has 3 atom stereocenters. The van der Waals surface area contributed by atoms with E-state index >= 15 is 0 Å². The molecule has 0 saturated heterocycles. The molecule has 0 aromatic carbocycles. The maximum Gasteiger partial charge on any atom is 3.00 e. The molecule has 0 aromatic heterocycles. The smallest absolute Gasteiger partial charge is 0.870 e. The van der Waals surface area contributed by atoms with E-state index in [0.29, 0.717) is 0 Å². The van der Waals surface area contributed by atoms with Gasteiger partial charge in [-0.15, -0.1) is 0 Å². The van der Waals surface area contributed by atoms with Crippen LogP contribution in [0.25, 0.3) is 0 Å². The first-order chi connectivity index (χ1) is 13.2. The number of rotatable bonds is 16. The van der Waals surface area contributed by atoms with Gasteiger partial charge in [0.25, 0.3) is 0 Å². The third kappa shape index (κ3) is 17.5. The van der Waals surface area contributed by atoms with Gasteiger partial charge in [-0.2, -0.15) is 0 Å². The van der Waals surface area contributed by atoms with Crippen LogP contribution in [0.4, 0.5) is 0 Å². The van der Waals surface area contributed by atoms with Gasteiger partial charge in [0, 0.05) is 0 Å². The molecule has 0 aliphatic rings. The van der Waals surface area contributed by atoms with Crippen molar-refractivity contribution in [2.24, 2.45) is 11.8 Å². The van der Waals surface area contributed by atoms with Crippen LogP contribution in [0.3, 0.4) is 0 Å². The van der Waals surface area contributed by atoms with Crippen LogP contribution in [-0.4, -0.2) is 71.7 Å². The standard InChI is InChI=1S/C20H38O7S.Al.2H2O/c1-5-9-11-16(7-3)14-26-19(21)13-18(28(23,24)25)20(22)27-15-17(8-4)12-10-6-2;;;/h16-18H,5-15H2,1-4H3,(H,23,24,25);;2*1H2/q;+3;;/p-3. The quantitative estimate of drug-likeness (QED) is 0.182. The van der Waals surface area contributed by atoms with Gasteiger partial charge in [0.2, 0.25) is 0 Å². The van der Waals surface area contributed by atoms with E-state index in [1.165, 1.54) is 0 Å². The molecular weight excluding hydrogens is 443 g/mol. The Morgan fingerprint density at radius 3 is 1.61 bits per heavy atom. The molecule has 0 aliphatic carbocycles. The Morgan fingerprint density at radius 2 is 1.26 bits per heavy atom. The number of hydrogen-bond donors (Lipinski definition) is 0. The van der Waals surface area contributed by atoms with Gasteiger partial charge < -0.3 is 25.0 Å². The predicted molar refractivity (Wildman–Crippen MR) is 116 cm³/mol. The minimum Gasteiger partial charge on any atom is -0.870 e. The molecule has 3 unspecified atom stereocenters. The van der Waals surface area contributed by atoms with Crippen molar-refractivity contribution in [1.82, 2.24) is 0 Å². The summed E-state index contributed by atoms with van der Waals surface area (Å²) >= 11 is 0. The molecule has 0 spiro atoms. The molecule has 0 amide bonds. The Labute approximate surface area is 198 Å². The van der Waals surface area contributed by atoms with Gasteiger partial charge in [-0.25, -0.2) is 8.42 Å². The maximum atomic E-state index is 12.1. The van der Waals surface area contributed by atoms with Crippen LogP contribution in [0.2, 0.25) is 0 Å². The van der Waals surface area contributed by atoms with E-state index in [4.69, 9.17) is 9.47 Å². The normalized spacial score (nSPS) is 13.5. The first-order valence-corrected chi connectivity index (χ1v) is 11.9. The third-order valence-corrected chi connectivity index (χ3v) is 6.05. The van der Waals surface area contributed by atoms with E-state index in [1.54, 1.807) is 0 Å². The topological polar surface area (TPSA) is 170 Å². The maximum absolute atomic E-state index is 12.1. The van der Waals surface area contributed by atoms with Crippen molar-refractivity contribution in [1.29, 1.82) is 0 Å². The number of carbonyl (C=O) groups excluding carboxylic acids is 2. The Balaban J connectivity index is -0.00000121. The first-order valence-electron chi connectivity index (χ1n) is 10.5. The number of unbranched alkanes of at least 4 members (excludes halogenated alkanes) is 2. The zero-order valence-electron chi connectivity index (χ0n) is 19.2. The van der Waals surface area contributed by atoms with Crippen LogP contribution in [0.5, 0.6) is 0 Å². The number of ether oxygens (including phenoxy) is 2. The molecule has 0 aromatic rings. The van der Waals surface area contributed by atoms with E-state index in [2.05, 4.69) is 13.8 Å². The fourth-order valence-electron chi connectivity index (χ4n) is 2.81. The van der Waals surface area contributed by atoms with Crippen molar-refractivity contribution in [2.45, 2.75) is 90.7 Å². The molecule has 0 heterocycles. The molecule has 0 rings (SSSR count). The summed E-state index contributed by atoms with van der Waals surface area (Å²) in [5.74, 6) is -1.74. The Hall–Kier alpha value is -0.698. The molecule has 0 aliphatic heterocycles. The fraction of sp³-hybridized carbons (Fsp3) is 0.900. The van der Waals surface area contributed by atoms with E-state index < -0.39 is 33.7 Å². The van der Waals surface area contributed by atoms with Gasteiger partial charge in [0.1, 0.15) is 10.1 Å². The molecule has 11 heteroatoms. The van der Waals surface area contributed by atoms with Gasteiger partial charge in [0.05, 0.1) is 19.6 Å². The van der Waals surface area contributed by atoms with Crippen molar-refractivity contribution in [3.05, 3.63) is 0 Å². The molecule has 0 saturated carbocycles. The van der Waals surface area contributed by atoms with Crippen molar-refractivity contribution >= 4 is 39.4 Å². The van der Waals surface area contributed by atoms with Crippen LogP contribution in [-0.2, 0) is 29.2 Å². The molecule has 0 fully saturated rings. The van der Waals surface area contributed by atoms with Gasteiger partial charge >= 0.3 is 29.3 Å². The summed E-state index contributed by atoms with van der Waals surface area (Å²) in [5, 5.41) is -2.06. The summed E-state index contributed by atoms with van der Waals surface area (Å²) in [6, 6.07) is 0. The van der Waals surface area contributed by atoms with Gasteiger partial charge in [-0.05, 0) is 24.7 Å². The molecule has 31 heavy (non-hydrogen) atoms. The van der Waals surface area contributed by atoms with Gasteiger partial charge in [-0.3, -0.25) is 9.59 Å². The van der Waals surface area contributed by atoms with Crippen LogP contribution < -0.4 is 0 Å². The minimum absolute atomic E-state index is 0. The second kappa shape index (κ2) is 21.2. The monoisotopic (exact) mass is 482 g/mol. The van der Waals surface area contributed by atoms with E-state index in [9.17, 15) is 22.6 Å². The van der Waals surface area contributed by atoms with Crippen molar-refractivity contribution in [3.8, 4) is 0 Å². The van der Waals surface area contributed by atoms with Gasteiger partial charge in [-0.1, -0.05) is 66.2 Å². The van der Waals surface area contributed by atoms with Crippen molar-refractivity contribution in [3.63, 3.8) is 0 Å². The largest absolute Gasteiger partial charge is 3.00 e. The van der Waals surface area contributed by atoms with Crippen LogP contribution in [0.15, 0.2) is 0 Å². The zero-order valence-corrected chi connectivity index (χ0v) is 21.2. The second-order valence-electron chi connectivity index (χ2n) is 7.33. The summed E-state index contributed by atoms with van der Waals surface area (Å²) < 4.78 is 44.6. The Kier molecular flexibility index (Phi) is 25.7. The number of hydrogen-bond acceptors (Lipinski definition) is 9. The van der Waals surface area contributed by atoms with Crippen LogP contribution in [0, 0.1) is 11.8 Å². The Bertz CT molecular complexity index is 555. The molecule has 9 nitrogen and oxygen atoms in total. The van der Waals surface area contributed by atoms with Crippen LogP contribution >= 0.6 is 0 Å². The molecule has 2 N–H and O–H groups in total. The van der Waals surface area contributed by atoms with E-state index in [0.717, 1.165) is 51.4 Å². The number of esters is 2. The summed E-state index contributed by atoms with van der Waals surface area (Å²) in [5.41, 5.74) is 0. The third-order valence-electron chi connectivity index (χ3n) is 4.99. The fourth-order valence-corrected chi connectivity index (χ4v) is 3.46. The first kappa shape index (κ1) is 37.6. The average molecular weight is 483 g/mol. The van der Waals surface area contributed by atoms with E-state index in [1.807, 2.05) is 13.8 Å². The summed E-state index contributed by atoms with van der Waals surface area (Å²) in [4.78, 5) is 24.1. The van der Waals surface area contributed by atoms with Crippen LogP contribution in [0.1, 0.15) is 85.5 Å². The zero-order chi connectivity index (χ0) is 21.6. The molecule has 0 bridgehead atoms. The summed E-state index contributed by atoms with van der Waals surface area (Å²) in [6.07, 6.45) is 6.58. The second-order valence-corrected chi connectivity index (χ2v) is 8.89. The summed E-state index contributed by atoms with van der Waals surface area (Å²) in [7, 11) is -5.01. The molecular formula is C20H39AlO9S. The number of carbonyl (C=O) groups is 2. The Morgan fingerprint density at radius 1 is 0.839 bits per heavy atom. The van der Waals surface area contributed by atoms with Gasteiger partial charge in [0.15, 0.2) is 5.25 Å². The average Bonchev–Trinajstić information content (AvgIpc) is 2.65. The van der Waals surface area contributed by atoms with E-state index in [-0.39, 0.29) is 53.4 Å². The van der Waals surface area contributed by atoms with Crippen molar-refractivity contribution in [2.75, 3.05) is 13.2 Å². The predicted octanol–water partition coefficient (Wildman–Crippen LogP) is 3.08.